The molecular formula is C21H23N5OS3. The van der Waals surface area contributed by atoms with Crippen molar-refractivity contribution in [2.75, 3.05) is 11.1 Å². The van der Waals surface area contributed by atoms with E-state index in [0.717, 1.165) is 49.1 Å². The van der Waals surface area contributed by atoms with E-state index in [9.17, 15) is 10.1 Å². The summed E-state index contributed by atoms with van der Waals surface area (Å²) in [5.41, 5.74) is 4.20. The third-order valence-electron chi connectivity index (χ3n) is 5.40. The number of amides is 1. The van der Waals surface area contributed by atoms with Gasteiger partial charge < -0.3 is 9.88 Å². The zero-order valence-electron chi connectivity index (χ0n) is 17.2. The number of thioether (sulfide) groups is 1. The number of thiophene rings is 2. The molecule has 0 saturated carbocycles. The summed E-state index contributed by atoms with van der Waals surface area (Å²) in [7, 11) is 1.93. The molecular weight excluding hydrogens is 434 g/mol. The van der Waals surface area contributed by atoms with Crippen molar-refractivity contribution in [3.63, 3.8) is 0 Å². The molecule has 4 rings (SSSR count). The number of nitriles is 1. The average Bonchev–Trinajstić information content (AvgIpc) is 3.40. The van der Waals surface area contributed by atoms with Crippen LogP contribution >= 0.6 is 34.4 Å². The average molecular weight is 458 g/mol. The molecule has 0 unspecified atom stereocenters. The van der Waals surface area contributed by atoms with Gasteiger partial charge >= 0.3 is 0 Å². The largest absolute Gasteiger partial charge is 0.316 e. The van der Waals surface area contributed by atoms with E-state index in [4.69, 9.17) is 0 Å². The minimum absolute atomic E-state index is 0.125. The first-order chi connectivity index (χ1) is 14.5. The summed E-state index contributed by atoms with van der Waals surface area (Å²) in [6.45, 7) is 4.27. The van der Waals surface area contributed by atoms with Crippen molar-refractivity contribution in [1.29, 1.82) is 5.26 Å². The van der Waals surface area contributed by atoms with Crippen LogP contribution in [-0.2, 0) is 31.1 Å². The molecule has 3 heterocycles. The zero-order chi connectivity index (χ0) is 21.3. The van der Waals surface area contributed by atoms with Gasteiger partial charge in [-0.25, -0.2) is 0 Å². The van der Waals surface area contributed by atoms with Crippen molar-refractivity contribution in [1.82, 2.24) is 14.8 Å². The molecule has 0 atom stereocenters. The maximum absolute atomic E-state index is 12.6. The molecule has 1 N–H and O–H groups in total. The third-order valence-corrected chi connectivity index (χ3v) is 8.58. The SMILES string of the molecule is CCc1c(-c2nnc(SCC(=O)Nc3sc4c(c3C#N)CCCC4)n2C)csc1C. The highest BCUT2D eigenvalue weighted by Crippen LogP contribution is 2.38. The van der Waals surface area contributed by atoms with Gasteiger partial charge in [-0.05, 0) is 50.2 Å². The van der Waals surface area contributed by atoms with Gasteiger partial charge in [0.2, 0.25) is 5.91 Å². The Morgan fingerprint density at radius 3 is 2.93 bits per heavy atom. The number of hydrogen-bond donors (Lipinski definition) is 1. The minimum Gasteiger partial charge on any atom is -0.316 e. The van der Waals surface area contributed by atoms with Gasteiger partial charge in [-0.15, -0.1) is 32.9 Å². The number of anilines is 1. The lowest BCUT2D eigenvalue weighted by molar-refractivity contribution is -0.113. The van der Waals surface area contributed by atoms with E-state index < -0.39 is 0 Å². The molecule has 9 heteroatoms. The van der Waals surface area contributed by atoms with Gasteiger partial charge in [-0.2, -0.15) is 5.26 Å². The molecule has 30 heavy (non-hydrogen) atoms. The topological polar surface area (TPSA) is 83.6 Å². The molecule has 156 valence electrons. The number of aryl methyl sites for hydroxylation is 2. The summed E-state index contributed by atoms with van der Waals surface area (Å²) in [5.74, 6) is 0.931. The van der Waals surface area contributed by atoms with Gasteiger partial charge in [-0.3, -0.25) is 4.79 Å². The summed E-state index contributed by atoms with van der Waals surface area (Å²) >= 11 is 4.64. The van der Waals surface area contributed by atoms with Gasteiger partial charge in [0.1, 0.15) is 11.1 Å². The van der Waals surface area contributed by atoms with E-state index in [0.29, 0.717) is 15.7 Å². The van der Waals surface area contributed by atoms with Crippen molar-refractivity contribution in [3.05, 3.63) is 31.8 Å². The molecule has 0 radical (unpaired) electrons. The monoisotopic (exact) mass is 457 g/mol. The number of nitrogens with one attached hydrogen (secondary N) is 1. The van der Waals surface area contributed by atoms with E-state index in [1.54, 1.807) is 22.7 Å². The quantitative estimate of drug-likeness (QED) is 0.529. The number of nitrogens with zero attached hydrogens (tertiary/aromatic N) is 4. The predicted molar refractivity (Wildman–Crippen MR) is 123 cm³/mol. The van der Waals surface area contributed by atoms with Gasteiger partial charge in [0, 0.05) is 27.7 Å². The highest BCUT2D eigenvalue weighted by molar-refractivity contribution is 7.99. The van der Waals surface area contributed by atoms with Crippen LogP contribution < -0.4 is 5.32 Å². The Labute approximate surface area is 188 Å². The molecule has 3 aromatic rings. The molecule has 0 aromatic carbocycles. The van der Waals surface area contributed by atoms with Crippen molar-refractivity contribution in [3.8, 4) is 17.5 Å². The van der Waals surface area contributed by atoms with Crippen molar-refractivity contribution in [2.45, 2.75) is 51.1 Å². The van der Waals surface area contributed by atoms with Gasteiger partial charge in [0.15, 0.2) is 11.0 Å². The van der Waals surface area contributed by atoms with Crippen LogP contribution in [-0.4, -0.2) is 26.4 Å². The van der Waals surface area contributed by atoms with Crippen molar-refractivity contribution >= 4 is 45.3 Å². The molecule has 1 amide bonds. The first-order valence-corrected chi connectivity index (χ1v) is 12.7. The molecule has 0 bridgehead atoms. The first-order valence-electron chi connectivity index (χ1n) is 9.97. The lowest BCUT2D eigenvalue weighted by atomic mass is 9.96. The Morgan fingerprint density at radius 2 is 2.17 bits per heavy atom. The van der Waals surface area contributed by atoms with Crippen LogP contribution in [0.4, 0.5) is 5.00 Å². The fourth-order valence-corrected chi connectivity index (χ4v) is 6.75. The van der Waals surface area contributed by atoms with E-state index >= 15 is 0 Å². The van der Waals surface area contributed by atoms with E-state index in [-0.39, 0.29) is 11.7 Å². The van der Waals surface area contributed by atoms with E-state index in [2.05, 4.69) is 40.8 Å². The number of aromatic nitrogens is 3. The highest BCUT2D eigenvalue weighted by Gasteiger charge is 2.22. The molecule has 3 aromatic heterocycles. The Morgan fingerprint density at radius 1 is 1.37 bits per heavy atom. The molecule has 1 aliphatic carbocycles. The normalized spacial score (nSPS) is 13.1. The van der Waals surface area contributed by atoms with E-state index in [1.165, 1.54) is 27.1 Å². The van der Waals surface area contributed by atoms with Gasteiger partial charge in [0.05, 0.1) is 11.3 Å². The Balaban J connectivity index is 1.45. The fraction of sp³-hybridized carbons (Fsp3) is 0.429. The molecule has 1 aliphatic rings. The summed E-state index contributed by atoms with van der Waals surface area (Å²) in [6, 6.07) is 2.29. The molecule has 0 fully saturated rings. The standard InChI is InChI=1S/C21H23N5OS3/c1-4-13-12(2)28-10-16(13)19-24-25-21(26(19)3)29-11-18(27)23-20-15(9-22)14-7-5-6-8-17(14)30-20/h10H,4-8,11H2,1-3H3,(H,23,27). The predicted octanol–water partition coefficient (Wildman–Crippen LogP) is 4.96. The summed E-state index contributed by atoms with van der Waals surface area (Å²) in [5, 5.41) is 24.7. The lowest BCUT2D eigenvalue weighted by Gasteiger charge is -2.09. The van der Waals surface area contributed by atoms with Crippen LogP contribution in [0, 0.1) is 18.3 Å². The molecule has 6 nitrogen and oxygen atoms in total. The number of hydrogen-bond acceptors (Lipinski definition) is 7. The fourth-order valence-electron chi connectivity index (χ4n) is 3.85. The lowest BCUT2D eigenvalue weighted by Crippen LogP contribution is -2.14. The number of fused-ring (bicyclic) bond motifs is 1. The molecule has 0 aliphatic heterocycles. The molecule has 0 saturated heterocycles. The minimum atomic E-state index is -0.125. The molecule has 0 spiro atoms. The third kappa shape index (κ3) is 3.92. The van der Waals surface area contributed by atoms with Crippen molar-refractivity contribution in [2.24, 2.45) is 7.05 Å². The number of rotatable bonds is 6. The Kier molecular flexibility index (Phi) is 6.27. The van der Waals surface area contributed by atoms with Crippen LogP contribution in [0.3, 0.4) is 0 Å². The van der Waals surface area contributed by atoms with E-state index in [1.807, 2.05) is 11.6 Å². The van der Waals surface area contributed by atoms with Crippen LogP contribution in [0.2, 0.25) is 0 Å². The second-order valence-corrected chi connectivity index (χ2v) is 10.4. The van der Waals surface area contributed by atoms with Gasteiger partial charge in [-0.1, -0.05) is 18.7 Å². The van der Waals surface area contributed by atoms with Crippen LogP contribution in [0.25, 0.3) is 11.4 Å². The van der Waals surface area contributed by atoms with Crippen LogP contribution in [0.15, 0.2) is 10.5 Å². The zero-order valence-corrected chi connectivity index (χ0v) is 19.7. The summed E-state index contributed by atoms with van der Waals surface area (Å²) in [6.07, 6.45) is 5.15. The first kappa shape index (κ1) is 21.1. The van der Waals surface area contributed by atoms with Crippen molar-refractivity contribution < 1.29 is 4.79 Å². The maximum atomic E-state index is 12.6. The maximum Gasteiger partial charge on any atom is 0.235 e. The Bertz CT molecular complexity index is 1130. The Hall–Kier alpha value is -2.15. The number of carbonyl (C=O) groups is 1. The van der Waals surface area contributed by atoms with Crippen LogP contribution in [0.1, 0.15) is 46.2 Å². The van der Waals surface area contributed by atoms with Gasteiger partial charge in [0.25, 0.3) is 0 Å². The summed E-state index contributed by atoms with van der Waals surface area (Å²) in [4.78, 5) is 15.1. The summed E-state index contributed by atoms with van der Waals surface area (Å²) < 4.78 is 1.95. The highest BCUT2D eigenvalue weighted by atomic mass is 32.2. The number of carbonyl (C=O) groups excluding carboxylic acids is 1. The second-order valence-electron chi connectivity index (χ2n) is 7.27. The smallest absolute Gasteiger partial charge is 0.235 e. The van der Waals surface area contributed by atoms with Crippen LogP contribution in [0.5, 0.6) is 0 Å². The second kappa shape index (κ2) is 8.92.